The summed E-state index contributed by atoms with van der Waals surface area (Å²) in [5.74, 6) is -1.15. The van der Waals surface area contributed by atoms with Gasteiger partial charge in [-0.2, -0.15) is 0 Å². The van der Waals surface area contributed by atoms with E-state index >= 15 is 0 Å². The molecule has 3 aromatic rings. The molecule has 132 valence electrons. The van der Waals surface area contributed by atoms with Gasteiger partial charge in [0, 0.05) is 43.3 Å². The number of benzene rings is 1. The quantitative estimate of drug-likeness (QED) is 0.685. The molecule has 1 aromatic carbocycles. The summed E-state index contributed by atoms with van der Waals surface area (Å²) in [6, 6.07) is 13.4. The van der Waals surface area contributed by atoms with Crippen LogP contribution in [-0.2, 0) is 23.3 Å². The van der Waals surface area contributed by atoms with Crippen LogP contribution in [-0.4, -0.2) is 15.9 Å². The first-order valence-electron chi connectivity index (χ1n) is 8.19. The Morgan fingerprint density at radius 1 is 1.00 bits per heavy atom. The maximum atomic E-state index is 14.6. The van der Waals surface area contributed by atoms with Gasteiger partial charge in [0.15, 0.2) is 0 Å². The maximum absolute atomic E-state index is 14.6. The number of halogens is 1. The normalized spacial score (nSPS) is 13.1. The minimum atomic E-state index is -1.41. The molecule has 0 saturated carbocycles. The van der Waals surface area contributed by atoms with Crippen molar-refractivity contribution in [3.63, 3.8) is 0 Å². The minimum Gasteiger partial charge on any atom is -0.368 e. The molecule has 0 aliphatic heterocycles. The van der Waals surface area contributed by atoms with Crippen molar-refractivity contribution in [1.29, 1.82) is 0 Å². The number of carbonyl (C=O) groups excluding carboxylic acids is 1. The van der Waals surface area contributed by atoms with E-state index in [4.69, 9.17) is 5.73 Å². The molecule has 2 heterocycles. The maximum Gasteiger partial charge on any atom is 0.242 e. The summed E-state index contributed by atoms with van der Waals surface area (Å²) in [7, 11) is 0. The lowest BCUT2D eigenvalue weighted by Gasteiger charge is -2.33. The molecule has 6 heteroatoms. The van der Waals surface area contributed by atoms with Crippen LogP contribution in [0.15, 0.2) is 73.3 Å². The summed E-state index contributed by atoms with van der Waals surface area (Å²) in [4.78, 5) is 20.7. The lowest BCUT2D eigenvalue weighted by atomic mass is 9.82. The number of hydrogen-bond donors (Lipinski definition) is 2. The Balaban J connectivity index is 2.03. The molecular formula is C20H19FN4O. The zero-order valence-corrected chi connectivity index (χ0v) is 14.1. The predicted molar refractivity (Wildman–Crippen MR) is 96.3 cm³/mol. The highest BCUT2D eigenvalue weighted by Crippen LogP contribution is 2.28. The highest BCUT2D eigenvalue weighted by molar-refractivity contribution is 5.86. The van der Waals surface area contributed by atoms with Gasteiger partial charge in [-0.05, 0) is 29.3 Å². The van der Waals surface area contributed by atoms with E-state index in [1.165, 1.54) is 6.07 Å². The van der Waals surface area contributed by atoms with Gasteiger partial charge in [-0.3, -0.25) is 20.1 Å². The largest absolute Gasteiger partial charge is 0.368 e. The summed E-state index contributed by atoms with van der Waals surface area (Å²) in [5.41, 5.74) is 6.21. The minimum absolute atomic E-state index is 0.178. The molecule has 0 aliphatic carbocycles. The molecule has 5 nitrogen and oxygen atoms in total. The second-order valence-electron chi connectivity index (χ2n) is 6.00. The number of aromatic nitrogens is 2. The number of carbonyl (C=O) groups is 1. The number of primary amides is 1. The molecule has 2 aromatic heterocycles. The van der Waals surface area contributed by atoms with Crippen molar-refractivity contribution in [2.45, 2.75) is 18.5 Å². The first kappa shape index (κ1) is 17.7. The van der Waals surface area contributed by atoms with E-state index in [1.807, 2.05) is 12.1 Å². The second-order valence-corrected chi connectivity index (χ2v) is 6.00. The van der Waals surface area contributed by atoms with E-state index in [0.717, 1.165) is 11.1 Å². The number of nitrogens with zero attached hydrogens (tertiary/aromatic N) is 2. The van der Waals surface area contributed by atoms with E-state index in [2.05, 4.69) is 15.3 Å². The molecule has 26 heavy (non-hydrogen) atoms. The van der Waals surface area contributed by atoms with Gasteiger partial charge in [0.1, 0.15) is 11.4 Å². The van der Waals surface area contributed by atoms with Gasteiger partial charge >= 0.3 is 0 Å². The zero-order chi connectivity index (χ0) is 18.4. The average molecular weight is 350 g/mol. The molecule has 3 N–H and O–H groups in total. The average Bonchev–Trinajstić information content (AvgIpc) is 2.67. The van der Waals surface area contributed by atoms with Crippen LogP contribution >= 0.6 is 0 Å². The first-order valence-corrected chi connectivity index (χ1v) is 8.19. The van der Waals surface area contributed by atoms with E-state index in [-0.39, 0.29) is 12.0 Å². The number of amides is 1. The van der Waals surface area contributed by atoms with Gasteiger partial charge in [-0.25, -0.2) is 4.39 Å². The summed E-state index contributed by atoms with van der Waals surface area (Å²) >= 11 is 0. The van der Waals surface area contributed by atoms with Crippen molar-refractivity contribution >= 4 is 5.91 Å². The molecular weight excluding hydrogens is 331 g/mol. The Bertz CT molecular complexity index is 873. The van der Waals surface area contributed by atoms with Crippen LogP contribution in [0.3, 0.4) is 0 Å². The Morgan fingerprint density at radius 3 is 2.23 bits per heavy atom. The third-order valence-electron chi connectivity index (χ3n) is 4.26. The number of hydrogen-bond acceptors (Lipinski definition) is 4. The molecule has 1 atom stereocenters. The number of nitrogens with one attached hydrogen (secondary N) is 1. The molecule has 3 rings (SSSR count). The monoisotopic (exact) mass is 350 g/mol. The second kappa shape index (κ2) is 7.84. The Hall–Kier alpha value is -3.12. The summed E-state index contributed by atoms with van der Waals surface area (Å²) in [6.07, 6.45) is 6.81. The molecule has 0 bridgehead atoms. The lowest BCUT2D eigenvalue weighted by Crippen LogP contribution is -2.54. The molecule has 0 radical (unpaired) electrons. The van der Waals surface area contributed by atoms with E-state index in [0.29, 0.717) is 6.54 Å². The molecule has 0 fully saturated rings. The van der Waals surface area contributed by atoms with Gasteiger partial charge in [0.25, 0.3) is 0 Å². The predicted octanol–water partition coefficient (Wildman–Crippen LogP) is 2.33. The van der Waals surface area contributed by atoms with Crippen molar-refractivity contribution < 1.29 is 9.18 Å². The van der Waals surface area contributed by atoms with Crippen LogP contribution in [0.25, 0.3) is 0 Å². The molecule has 0 aliphatic rings. The van der Waals surface area contributed by atoms with Crippen LogP contribution in [0, 0.1) is 5.82 Å². The number of pyridine rings is 2. The molecule has 0 saturated heterocycles. The van der Waals surface area contributed by atoms with E-state index in [1.54, 1.807) is 55.1 Å². The molecule has 0 spiro atoms. The first-order chi connectivity index (χ1) is 12.6. The molecule has 1 amide bonds. The van der Waals surface area contributed by atoms with Crippen molar-refractivity contribution in [3.8, 4) is 0 Å². The topological polar surface area (TPSA) is 80.9 Å². The van der Waals surface area contributed by atoms with Gasteiger partial charge in [0.05, 0.1) is 0 Å². The third kappa shape index (κ3) is 3.75. The van der Waals surface area contributed by atoms with Crippen LogP contribution in [0.5, 0.6) is 0 Å². The van der Waals surface area contributed by atoms with E-state index in [9.17, 15) is 9.18 Å². The standard InChI is InChI=1S/C20H19FN4O/c21-18-8-2-1-7-17(18)20(19(22)26,11-15-5-3-9-23-12-15)25-14-16-6-4-10-24-13-16/h1-10,12-13,25H,11,14H2,(H2,22,26). The van der Waals surface area contributed by atoms with Crippen molar-refractivity contribution in [2.75, 3.05) is 0 Å². The highest BCUT2D eigenvalue weighted by atomic mass is 19.1. The Kier molecular flexibility index (Phi) is 5.34. The van der Waals surface area contributed by atoms with Crippen LogP contribution in [0.2, 0.25) is 0 Å². The summed E-state index contributed by atoms with van der Waals surface area (Å²) in [6.45, 7) is 0.311. The fourth-order valence-electron chi connectivity index (χ4n) is 2.93. The van der Waals surface area contributed by atoms with Gasteiger partial charge in [-0.1, -0.05) is 30.3 Å². The Labute approximate surface area is 151 Å². The van der Waals surface area contributed by atoms with Gasteiger partial charge in [0.2, 0.25) is 5.91 Å². The van der Waals surface area contributed by atoms with Gasteiger partial charge in [-0.15, -0.1) is 0 Å². The fourth-order valence-corrected chi connectivity index (χ4v) is 2.93. The Morgan fingerprint density at radius 2 is 1.65 bits per heavy atom. The van der Waals surface area contributed by atoms with Crippen molar-refractivity contribution in [2.24, 2.45) is 5.73 Å². The van der Waals surface area contributed by atoms with Gasteiger partial charge < -0.3 is 5.73 Å². The fraction of sp³-hybridized carbons (Fsp3) is 0.150. The highest BCUT2D eigenvalue weighted by Gasteiger charge is 2.40. The van der Waals surface area contributed by atoms with Crippen molar-refractivity contribution in [1.82, 2.24) is 15.3 Å². The summed E-state index contributed by atoms with van der Waals surface area (Å²) < 4.78 is 14.6. The number of rotatable bonds is 7. The number of nitrogens with two attached hydrogens (primary N) is 1. The van der Waals surface area contributed by atoms with E-state index < -0.39 is 17.3 Å². The zero-order valence-electron chi connectivity index (χ0n) is 14.1. The van der Waals surface area contributed by atoms with Crippen LogP contribution in [0.4, 0.5) is 4.39 Å². The lowest BCUT2D eigenvalue weighted by molar-refractivity contribution is -0.125. The third-order valence-corrected chi connectivity index (χ3v) is 4.26. The summed E-state index contributed by atoms with van der Waals surface area (Å²) in [5, 5.41) is 3.17. The molecule has 1 unspecified atom stereocenters. The van der Waals surface area contributed by atoms with Crippen molar-refractivity contribution in [3.05, 3.63) is 95.8 Å². The van der Waals surface area contributed by atoms with Crippen LogP contribution in [0.1, 0.15) is 16.7 Å². The smallest absolute Gasteiger partial charge is 0.242 e. The SMILES string of the molecule is NC(=O)C(Cc1cccnc1)(NCc1cccnc1)c1ccccc1F. The van der Waals surface area contributed by atoms with Crippen LogP contribution < -0.4 is 11.1 Å².